The van der Waals surface area contributed by atoms with E-state index in [1.165, 1.54) is 186 Å². The number of allylic oxidation sites excluding steroid dienone is 2. The Hall–Kier alpha value is -0.260. The molecule has 0 bridgehead atoms. The second-order valence-corrected chi connectivity index (χ2v) is 12.1. The van der Waals surface area contributed by atoms with Gasteiger partial charge in [0.25, 0.3) is 0 Å². The molecule has 0 aromatic rings. The largest absolute Gasteiger partial charge is 0.0885 e. The zero-order valence-electron chi connectivity index (χ0n) is 25.2. The van der Waals surface area contributed by atoms with Crippen LogP contribution in [0, 0.1) is 5.92 Å². The van der Waals surface area contributed by atoms with Crippen molar-refractivity contribution >= 4 is 0 Å². The van der Waals surface area contributed by atoms with Crippen LogP contribution in [0.15, 0.2) is 12.2 Å². The second kappa shape index (κ2) is 31.8. The van der Waals surface area contributed by atoms with E-state index in [-0.39, 0.29) is 0 Å². The van der Waals surface area contributed by atoms with Gasteiger partial charge >= 0.3 is 0 Å². The van der Waals surface area contributed by atoms with Crippen LogP contribution >= 0.6 is 0 Å². The van der Waals surface area contributed by atoms with E-state index in [4.69, 9.17) is 0 Å². The van der Waals surface area contributed by atoms with Crippen molar-refractivity contribution < 1.29 is 0 Å². The van der Waals surface area contributed by atoms with Gasteiger partial charge in [-0.25, -0.2) is 0 Å². The molecule has 0 atom stereocenters. The highest BCUT2D eigenvalue weighted by Crippen LogP contribution is 2.16. The van der Waals surface area contributed by atoms with Gasteiger partial charge in [0.1, 0.15) is 0 Å². The molecule has 0 aliphatic heterocycles. The summed E-state index contributed by atoms with van der Waals surface area (Å²) in [5.74, 6) is 0.895. The standard InChI is InChI=1S/C35H70/c1-4-5-6-7-8-9-10-11-12-13-14-15-16-17-18-19-20-21-22-23-24-25-26-27-28-29-30-31-32-33-34-35(2)3/h12-13,35H,4-11,14-34H2,1-3H3. The highest BCUT2D eigenvalue weighted by atomic mass is 14.0. The smallest absolute Gasteiger partial charge is 0.0351 e. The quantitative estimate of drug-likeness (QED) is 0.0693. The van der Waals surface area contributed by atoms with Gasteiger partial charge in [0.15, 0.2) is 0 Å². The lowest BCUT2D eigenvalue weighted by atomic mass is 10.0. The molecule has 0 aromatic carbocycles. The van der Waals surface area contributed by atoms with Gasteiger partial charge < -0.3 is 0 Å². The minimum Gasteiger partial charge on any atom is -0.0885 e. The first-order valence-electron chi connectivity index (χ1n) is 16.9. The summed E-state index contributed by atoms with van der Waals surface area (Å²) in [6.45, 7) is 6.99. The van der Waals surface area contributed by atoms with Crippen molar-refractivity contribution in [2.24, 2.45) is 5.92 Å². The predicted molar refractivity (Wildman–Crippen MR) is 164 cm³/mol. The summed E-state index contributed by atoms with van der Waals surface area (Å²) in [6, 6.07) is 0. The van der Waals surface area contributed by atoms with Crippen LogP contribution in [0.1, 0.15) is 207 Å². The van der Waals surface area contributed by atoms with Gasteiger partial charge in [-0.1, -0.05) is 193 Å². The van der Waals surface area contributed by atoms with Crippen molar-refractivity contribution in [2.75, 3.05) is 0 Å². The van der Waals surface area contributed by atoms with E-state index < -0.39 is 0 Å². The zero-order chi connectivity index (χ0) is 25.5. The minimum atomic E-state index is 0.895. The molecule has 0 saturated heterocycles. The van der Waals surface area contributed by atoms with E-state index in [2.05, 4.69) is 32.9 Å². The molecule has 0 amide bonds. The molecule has 0 fully saturated rings. The Morgan fingerprint density at radius 2 is 0.600 bits per heavy atom. The summed E-state index contributed by atoms with van der Waals surface area (Å²) < 4.78 is 0. The predicted octanol–water partition coefficient (Wildman–Crippen LogP) is 13.5. The highest BCUT2D eigenvalue weighted by molar-refractivity contribution is 4.81. The van der Waals surface area contributed by atoms with Crippen molar-refractivity contribution in [3.8, 4) is 0 Å². The lowest BCUT2D eigenvalue weighted by Gasteiger charge is -2.05. The maximum atomic E-state index is 2.45. The molecule has 210 valence electrons. The molecule has 0 nitrogen and oxygen atoms in total. The maximum absolute atomic E-state index is 2.45. The maximum Gasteiger partial charge on any atom is -0.0351 e. The lowest BCUT2D eigenvalue weighted by Crippen LogP contribution is -1.87. The Morgan fingerprint density at radius 1 is 0.343 bits per heavy atom. The van der Waals surface area contributed by atoms with Gasteiger partial charge in [-0.05, 0) is 31.6 Å². The summed E-state index contributed by atoms with van der Waals surface area (Å²) in [5.41, 5.74) is 0. The molecule has 0 heteroatoms. The van der Waals surface area contributed by atoms with Gasteiger partial charge in [0, 0.05) is 0 Å². The van der Waals surface area contributed by atoms with E-state index in [9.17, 15) is 0 Å². The van der Waals surface area contributed by atoms with E-state index in [0.29, 0.717) is 0 Å². The van der Waals surface area contributed by atoms with E-state index in [1.54, 1.807) is 0 Å². The van der Waals surface area contributed by atoms with Crippen LogP contribution in [0.5, 0.6) is 0 Å². The second-order valence-electron chi connectivity index (χ2n) is 12.1. The fourth-order valence-electron chi connectivity index (χ4n) is 5.27. The van der Waals surface area contributed by atoms with Crippen LogP contribution < -0.4 is 0 Å². The monoisotopic (exact) mass is 491 g/mol. The van der Waals surface area contributed by atoms with Crippen LogP contribution in [0.4, 0.5) is 0 Å². The number of hydrogen-bond donors (Lipinski definition) is 0. The summed E-state index contributed by atoms with van der Waals surface area (Å²) in [6.07, 6.45) is 46.9. The molecular weight excluding hydrogens is 420 g/mol. The van der Waals surface area contributed by atoms with Gasteiger partial charge in [-0.3, -0.25) is 0 Å². The summed E-state index contributed by atoms with van der Waals surface area (Å²) in [4.78, 5) is 0. The first kappa shape index (κ1) is 34.7. The summed E-state index contributed by atoms with van der Waals surface area (Å²) in [5, 5.41) is 0. The van der Waals surface area contributed by atoms with E-state index in [1.807, 2.05) is 0 Å². The Labute approximate surface area is 224 Å². The summed E-state index contributed by atoms with van der Waals surface area (Å²) >= 11 is 0. The van der Waals surface area contributed by atoms with Crippen LogP contribution in [0.25, 0.3) is 0 Å². The molecule has 0 aliphatic rings. The number of rotatable bonds is 30. The Balaban J connectivity index is 3.06. The van der Waals surface area contributed by atoms with Crippen LogP contribution in [-0.2, 0) is 0 Å². The zero-order valence-corrected chi connectivity index (χ0v) is 25.2. The van der Waals surface area contributed by atoms with Crippen molar-refractivity contribution in [1.29, 1.82) is 0 Å². The molecule has 0 spiro atoms. The molecule has 0 radical (unpaired) electrons. The fourth-order valence-corrected chi connectivity index (χ4v) is 5.27. The Morgan fingerprint density at radius 3 is 0.886 bits per heavy atom. The third-order valence-electron chi connectivity index (χ3n) is 7.79. The van der Waals surface area contributed by atoms with E-state index >= 15 is 0 Å². The Bertz CT molecular complexity index is 379. The summed E-state index contributed by atoms with van der Waals surface area (Å²) in [7, 11) is 0. The van der Waals surface area contributed by atoms with Gasteiger partial charge in [0.2, 0.25) is 0 Å². The van der Waals surface area contributed by atoms with Crippen molar-refractivity contribution in [2.45, 2.75) is 207 Å². The van der Waals surface area contributed by atoms with Crippen molar-refractivity contribution in [3.05, 3.63) is 12.2 Å². The molecule has 0 N–H and O–H groups in total. The third kappa shape index (κ3) is 33.7. The van der Waals surface area contributed by atoms with Crippen molar-refractivity contribution in [3.63, 3.8) is 0 Å². The molecule has 0 heterocycles. The molecule has 35 heavy (non-hydrogen) atoms. The average Bonchev–Trinajstić information content (AvgIpc) is 2.85. The average molecular weight is 491 g/mol. The molecule has 0 unspecified atom stereocenters. The molecule has 0 aliphatic carbocycles. The normalized spacial score (nSPS) is 11.9. The third-order valence-corrected chi connectivity index (χ3v) is 7.79. The molecule has 0 rings (SSSR count). The van der Waals surface area contributed by atoms with E-state index in [0.717, 1.165) is 5.92 Å². The first-order valence-corrected chi connectivity index (χ1v) is 16.9. The van der Waals surface area contributed by atoms with Crippen LogP contribution in [-0.4, -0.2) is 0 Å². The van der Waals surface area contributed by atoms with Gasteiger partial charge in [0.05, 0.1) is 0 Å². The number of unbranched alkanes of at least 4 members (excludes halogenated alkanes) is 26. The molecule has 0 aromatic heterocycles. The van der Waals surface area contributed by atoms with Crippen LogP contribution in [0.2, 0.25) is 0 Å². The van der Waals surface area contributed by atoms with Gasteiger partial charge in [-0.2, -0.15) is 0 Å². The lowest BCUT2D eigenvalue weighted by molar-refractivity contribution is 0.501. The van der Waals surface area contributed by atoms with Crippen LogP contribution in [0.3, 0.4) is 0 Å². The SMILES string of the molecule is CCCCCCCCCC=CCCCCCCCCCCCCCCCCCCCCCC(C)C. The number of hydrogen-bond acceptors (Lipinski definition) is 0. The molecular formula is C35H70. The minimum absolute atomic E-state index is 0.895. The fraction of sp³-hybridized carbons (Fsp3) is 0.943. The van der Waals surface area contributed by atoms with Gasteiger partial charge in [-0.15, -0.1) is 0 Å². The highest BCUT2D eigenvalue weighted by Gasteiger charge is 1.97. The Kier molecular flexibility index (Phi) is 31.5. The topological polar surface area (TPSA) is 0 Å². The first-order chi connectivity index (χ1) is 17.3. The van der Waals surface area contributed by atoms with Crippen molar-refractivity contribution in [1.82, 2.24) is 0 Å². The molecule has 0 saturated carbocycles.